The number of anilines is 1. The van der Waals surface area contributed by atoms with Crippen LogP contribution in [0.1, 0.15) is 10.4 Å². The highest BCUT2D eigenvalue weighted by molar-refractivity contribution is 6.09. The molecule has 1 N–H and O–H groups in total. The van der Waals surface area contributed by atoms with Crippen LogP contribution in [0.5, 0.6) is 0 Å². The molecule has 1 amide bonds. The quantitative estimate of drug-likeness (QED) is 0.433. The van der Waals surface area contributed by atoms with Crippen molar-refractivity contribution in [2.75, 3.05) is 5.32 Å². The van der Waals surface area contributed by atoms with Gasteiger partial charge in [-0.05, 0) is 24.3 Å². The second kappa shape index (κ2) is 5.76. The average molecular weight is 332 g/mol. The Hall–Kier alpha value is -3.67. The van der Waals surface area contributed by atoms with Crippen molar-refractivity contribution in [2.24, 2.45) is 0 Å². The minimum Gasteiger partial charge on any atom is -0.456 e. The molecular weight excluding hydrogens is 320 g/mol. The Morgan fingerprint density at radius 3 is 2.48 bits per heavy atom. The summed E-state index contributed by atoms with van der Waals surface area (Å²) in [7, 11) is 0. The molecule has 4 rings (SSSR count). The van der Waals surface area contributed by atoms with E-state index in [1.165, 1.54) is 18.2 Å². The molecule has 25 heavy (non-hydrogen) atoms. The first-order valence-corrected chi connectivity index (χ1v) is 7.59. The van der Waals surface area contributed by atoms with E-state index >= 15 is 0 Å². The van der Waals surface area contributed by atoms with Crippen molar-refractivity contribution in [3.8, 4) is 0 Å². The lowest BCUT2D eigenvalue weighted by molar-refractivity contribution is -0.385. The third kappa shape index (κ3) is 2.59. The van der Waals surface area contributed by atoms with Crippen LogP contribution >= 0.6 is 0 Å². The van der Waals surface area contributed by atoms with Crippen LogP contribution in [0.2, 0.25) is 0 Å². The highest BCUT2D eigenvalue weighted by atomic mass is 16.6. The fourth-order valence-electron chi connectivity index (χ4n) is 2.83. The van der Waals surface area contributed by atoms with Gasteiger partial charge >= 0.3 is 0 Å². The Bertz CT molecular complexity index is 1130. The van der Waals surface area contributed by atoms with Crippen LogP contribution in [0.4, 0.5) is 11.4 Å². The largest absolute Gasteiger partial charge is 0.456 e. The zero-order valence-electron chi connectivity index (χ0n) is 12.9. The number of nitrogens with one attached hydrogen (secondary N) is 1. The number of hydrogen-bond donors (Lipinski definition) is 1. The lowest BCUT2D eigenvalue weighted by atomic mass is 10.1. The summed E-state index contributed by atoms with van der Waals surface area (Å²) in [4.78, 5) is 22.9. The summed E-state index contributed by atoms with van der Waals surface area (Å²) in [6.45, 7) is 0. The lowest BCUT2D eigenvalue weighted by Crippen LogP contribution is -2.13. The smallest absolute Gasteiger partial charge is 0.282 e. The highest BCUT2D eigenvalue weighted by Gasteiger charge is 2.19. The molecule has 0 bridgehead atoms. The highest BCUT2D eigenvalue weighted by Crippen LogP contribution is 2.30. The number of carbonyl (C=O) groups is 1. The summed E-state index contributed by atoms with van der Waals surface area (Å²) in [5.74, 6) is -0.539. The van der Waals surface area contributed by atoms with Gasteiger partial charge in [0.2, 0.25) is 0 Å². The van der Waals surface area contributed by atoms with E-state index in [0.717, 1.165) is 16.4 Å². The number of carbonyl (C=O) groups excluding carboxylic acids is 1. The van der Waals surface area contributed by atoms with Crippen molar-refractivity contribution >= 4 is 39.2 Å². The zero-order chi connectivity index (χ0) is 17.4. The number of amides is 1. The molecule has 6 heteroatoms. The van der Waals surface area contributed by atoms with Gasteiger partial charge in [-0.1, -0.05) is 30.3 Å². The van der Waals surface area contributed by atoms with E-state index in [9.17, 15) is 14.9 Å². The van der Waals surface area contributed by atoms with Gasteiger partial charge < -0.3 is 9.73 Å². The van der Waals surface area contributed by atoms with Gasteiger partial charge in [0, 0.05) is 28.6 Å². The predicted octanol–water partition coefficient (Wildman–Crippen LogP) is 4.75. The molecule has 0 radical (unpaired) electrons. The van der Waals surface area contributed by atoms with Crippen molar-refractivity contribution in [3.63, 3.8) is 0 Å². The number of benzene rings is 3. The molecule has 0 spiro atoms. The number of fused-ring (bicyclic) bond motifs is 3. The van der Waals surface area contributed by atoms with Gasteiger partial charge in [0.15, 0.2) is 0 Å². The third-order valence-electron chi connectivity index (χ3n) is 3.98. The van der Waals surface area contributed by atoms with E-state index in [1.54, 1.807) is 18.2 Å². The van der Waals surface area contributed by atoms with Crippen molar-refractivity contribution in [2.45, 2.75) is 0 Å². The van der Waals surface area contributed by atoms with Gasteiger partial charge in [-0.2, -0.15) is 0 Å². The molecule has 0 unspecified atom stereocenters. The van der Waals surface area contributed by atoms with E-state index in [1.807, 2.05) is 30.3 Å². The maximum absolute atomic E-state index is 12.4. The van der Waals surface area contributed by atoms with Crippen molar-refractivity contribution in [1.82, 2.24) is 0 Å². The molecule has 4 aromatic rings. The fourth-order valence-corrected chi connectivity index (χ4v) is 2.83. The predicted molar refractivity (Wildman–Crippen MR) is 94.8 cm³/mol. The minimum atomic E-state index is -0.572. The standard InChI is InChI=1S/C19H12N2O4/c22-19(15-6-1-3-7-16(15)21(23)24)20-12-9-10-14-13-5-2-4-8-17(13)25-18(14)11-12/h1-11H,(H,20,22). The van der Waals surface area contributed by atoms with Crippen molar-refractivity contribution in [3.05, 3.63) is 82.4 Å². The van der Waals surface area contributed by atoms with Crippen LogP contribution in [0.3, 0.4) is 0 Å². The maximum Gasteiger partial charge on any atom is 0.282 e. The summed E-state index contributed by atoms with van der Waals surface area (Å²) >= 11 is 0. The fraction of sp³-hybridized carbons (Fsp3) is 0. The zero-order valence-corrected chi connectivity index (χ0v) is 12.9. The Balaban J connectivity index is 1.70. The molecule has 0 fully saturated rings. The van der Waals surface area contributed by atoms with Gasteiger partial charge in [-0.3, -0.25) is 14.9 Å². The van der Waals surface area contributed by atoms with Gasteiger partial charge in [0.1, 0.15) is 16.7 Å². The number of para-hydroxylation sites is 2. The van der Waals surface area contributed by atoms with Crippen molar-refractivity contribution in [1.29, 1.82) is 0 Å². The summed E-state index contributed by atoms with van der Waals surface area (Å²) in [6.07, 6.45) is 0. The molecule has 3 aromatic carbocycles. The second-order valence-electron chi connectivity index (χ2n) is 5.54. The van der Waals surface area contributed by atoms with Gasteiger partial charge in [0.25, 0.3) is 11.6 Å². The van der Waals surface area contributed by atoms with E-state index in [2.05, 4.69) is 5.32 Å². The minimum absolute atomic E-state index is 0.0113. The SMILES string of the molecule is O=C(Nc1ccc2c(c1)oc1ccccc12)c1ccccc1[N+](=O)[O-]. The first kappa shape index (κ1) is 14.9. The lowest BCUT2D eigenvalue weighted by Gasteiger charge is -2.05. The van der Waals surface area contributed by atoms with Crippen LogP contribution in [-0.4, -0.2) is 10.8 Å². The number of rotatable bonds is 3. The molecular formula is C19H12N2O4. The molecule has 0 aliphatic carbocycles. The van der Waals surface area contributed by atoms with E-state index in [-0.39, 0.29) is 11.3 Å². The van der Waals surface area contributed by atoms with Crippen LogP contribution in [0.25, 0.3) is 21.9 Å². The van der Waals surface area contributed by atoms with Gasteiger partial charge in [0.05, 0.1) is 4.92 Å². The normalized spacial score (nSPS) is 10.9. The number of nitro benzene ring substituents is 1. The second-order valence-corrected chi connectivity index (χ2v) is 5.54. The van der Waals surface area contributed by atoms with Gasteiger partial charge in [-0.25, -0.2) is 0 Å². The summed E-state index contributed by atoms with van der Waals surface area (Å²) in [5.41, 5.74) is 1.69. The molecule has 0 aliphatic rings. The topological polar surface area (TPSA) is 85.4 Å². The van der Waals surface area contributed by atoms with E-state index in [4.69, 9.17) is 4.42 Å². The Morgan fingerprint density at radius 2 is 1.64 bits per heavy atom. The number of nitrogens with zero attached hydrogens (tertiary/aromatic N) is 1. The van der Waals surface area contributed by atoms with Crippen LogP contribution < -0.4 is 5.32 Å². The number of nitro groups is 1. The monoisotopic (exact) mass is 332 g/mol. The molecule has 0 aliphatic heterocycles. The van der Waals surface area contributed by atoms with Crippen LogP contribution in [-0.2, 0) is 0 Å². The Morgan fingerprint density at radius 1 is 0.920 bits per heavy atom. The number of hydrogen-bond acceptors (Lipinski definition) is 4. The van der Waals surface area contributed by atoms with Crippen molar-refractivity contribution < 1.29 is 14.1 Å². The summed E-state index contributed by atoms with van der Waals surface area (Å²) in [5, 5.41) is 15.7. The average Bonchev–Trinajstić information content (AvgIpc) is 2.99. The van der Waals surface area contributed by atoms with E-state index in [0.29, 0.717) is 11.3 Å². The molecule has 0 saturated carbocycles. The molecule has 0 saturated heterocycles. The molecule has 0 atom stereocenters. The molecule has 6 nitrogen and oxygen atoms in total. The summed E-state index contributed by atoms with van der Waals surface area (Å²) in [6, 6.07) is 18.8. The first-order valence-electron chi connectivity index (χ1n) is 7.59. The third-order valence-corrected chi connectivity index (χ3v) is 3.98. The van der Waals surface area contributed by atoms with Crippen LogP contribution in [0.15, 0.2) is 71.1 Å². The Kier molecular flexibility index (Phi) is 3.43. The molecule has 1 heterocycles. The summed E-state index contributed by atoms with van der Waals surface area (Å²) < 4.78 is 5.78. The molecule has 122 valence electrons. The first-order chi connectivity index (χ1) is 12.1. The number of furan rings is 1. The van der Waals surface area contributed by atoms with Gasteiger partial charge in [-0.15, -0.1) is 0 Å². The Labute approximate surface area is 141 Å². The van der Waals surface area contributed by atoms with E-state index < -0.39 is 10.8 Å². The maximum atomic E-state index is 12.4. The van der Waals surface area contributed by atoms with Crippen LogP contribution in [0, 0.1) is 10.1 Å². The molecule has 1 aromatic heterocycles.